The Kier molecular flexibility index (Phi) is 1.96. The van der Waals surface area contributed by atoms with Crippen LogP contribution in [0.25, 0.3) is 10.9 Å². The van der Waals surface area contributed by atoms with E-state index < -0.39 is 0 Å². The topological polar surface area (TPSA) is 63.6 Å². The number of benzene rings is 1. The van der Waals surface area contributed by atoms with Gasteiger partial charge in [-0.15, -0.1) is 0 Å². The molecule has 3 rings (SSSR count). The Morgan fingerprint density at radius 1 is 1.44 bits per heavy atom. The molecule has 3 N–H and O–H groups in total. The van der Waals surface area contributed by atoms with Crippen molar-refractivity contribution in [2.45, 2.75) is 0 Å². The normalized spacial score (nSPS) is 14.9. The van der Waals surface area contributed by atoms with Crippen molar-refractivity contribution in [1.82, 2.24) is 9.99 Å². The molecule has 1 aromatic carbocycles. The van der Waals surface area contributed by atoms with Gasteiger partial charge in [0.15, 0.2) is 5.88 Å². The standard InChI is InChI=1S/C11H12N4O/c16-11-6-8-9(13-11)2-1-3-10(8)14-15-5-4-12-7-15/h1-3,6-7,13-14,16H,4-5H2. The Hall–Kier alpha value is -2.17. The summed E-state index contributed by atoms with van der Waals surface area (Å²) in [5.74, 6) is 0.180. The number of aromatic amines is 1. The van der Waals surface area contributed by atoms with Crippen molar-refractivity contribution in [2.75, 3.05) is 18.5 Å². The molecule has 0 aliphatic carbocycles. The van der Waals surface area contributed by atoms with Crippen molar-refractivity contribution in [2.24, 2.45) is 4.99 Å². The number of aliphatic imine (C=N–C) groups is 1. The zero-order valence-electron chi connectivity index (χ0n) is 8.64. The van der Waals surface area contributed by atoms with E-state index in [9.17, 15) is 5.11 Å². The zero-order valence-corrected chi connectivity index (χ0v) is 8.64. The summed E-state index contributed by atoms with van der Waals surface area (Å²) in [6, 6.07) is 7.55. The molecule has 0 atom stereocenters. The van der Waals surface area contributed by atoms with Gasteiger partial charge in [0.05, 0.1) is 24.3 Å². The average Bonchev–Trinajstić information content (AvgIpc) is 2.86. The first kappa shape index (κ1) is 9.08. The van der Waals surface area contributed by atoms with Gasteiger partial charge < -0.3 is 10.1 Å². The third-order valence-electron chi connectivity index (χ3n) is 2.61. The van der Waals surface area contributed by atoms with E-state index in [-0.39, 0.29) is 5.88 Å². The SMILES string of the molecule is Oc1cc2c(NN3C=NCC3)cccc2[nH]1. The Labute approximate surface area is 92.4 Å². The number of nitrogens with zero attached hydrogens (tertiary/aromatic N) is 2. The third-order valence-corrected chi connectivity index (χ3v) is 2.61. The molecule has 0 saturated carbocycles. The minimum absolute atomic E-state index is 0.180. The van der Waals surface area contributed by atoms with Gasteiger partial charge in [0.25, 0.3) is 0 Å². The van der Waals surface area contributed by atoms with Crippen LogP contribution in [-0.4, -0.2) is 34.5 Å². The predicted molar refractivity (Wildman–Crippen MR) is 63.7 cm³/mol. The molecule has 1 aromatic heterocycles. The van der Waals surface area contributed by atoms with Gasteiger partial charge in [-0.25, -0.2) is 0 Å². The highest BCUT2D eigenvalue weighted by Crippen LogP contribution is 2.27. The highest BCUT2D eigenvalue weighted by Gasteiger charge is 2.08. The molecule has 2 heterocycles. The highest BCUT2D eigenvalue weighted by atomic mass is 16.3. The second-order valence-corrected chi connectivity index (χ2v) is 3.75. The van der Waals surface area contributed by atoms with Crippen molar-refractivity contribution < 1.29 is 5.11 Å². The van der Waals surface area contributed by atoms with E-state index in [4.69, 9.17) is 0 Å². The lowest BCUT2D eigenvalue weighted by atomic mass is 10.2. The molecule has 0 spiro atoms. The van der Waals surface area contributed by atoms with Crippen LogP contribution < -0.4 is 5.43 Å². The van der Waals surface area contributed by atoms with Crippen molar-refractivity contribution in [3.63, 3.8) is 0 Å². The van der Waals surface area contributed by atoms with Gasteiger partial charge in [-0.05, 0) is 12.1 Å². The Bertz CT molecular complexity index is 546. The van der Waals surface area contributed by atoms with E-state index in [1.165, 1.54) is 0 Å². The van der Waals surface area contributed by atoms with Crippen molar-refractivity contribution in [3.8, 4) is 5.88 Å². The fourth-order valence-corrected chi connectivity index (χ4v) is 1.86. The lowest BCUT2D eigenvalue weighted by molar-refractivity contribution is 0.458. The summed E-state index contributed by atoms with van der Waals surface area (Å²) in [7, 11) is 0. The van der Waals surface area contributed by atoms with Gasteiger partial charge >= 0.3 is 0 Å². The minimum atomic E-state index is 0.180. The van der Waals surface area contributed by atoms with Crippen molar-refractivity contribution >= 4 is 22.9 Å². The molecule has 0 radical (unpaired) electrons. The van der Waals surface area contributed by atoms with Crippen LogP contribution in [0.3, 0.4) is 0 Å². The molecule has 16 heavy (non-hydrogen) atoms. The lowest BCUT2D eigenvalue weighted by Crippen LogP contribution is -2.26. The molecule has 5 heteroatoms. The molecule has 0 amide bonds. The number of aromatic hydroxyl groups is 1. The molecule has 0 unspecified atom stereocenters. The van der Waals surface area contributed by atoms with Crippen LogP contribution in [0.5, 0.6) is 5.88 Å². The lowest BCUT2D eigenvalue weighted by Gasteiger charge is -2.17. The third kappa shape index (κ3) is 1.46. The maximum absolute atomic E-state index is 9.42. The molecule has 0 fully saturated rings. The predicted octanol–water partition coefficient (Wildman–Crippen LogP) is 1.54. The summed E-state index contributed by atoms with van der Waals surface area (Å²) in [6.45, 7) is 1.69. The number of rotatable bonds is 2. The molecular formula is C11H12N4O. The maximum atomic E-state index is 9.42. The molecule has 0 saturated heterocycles. The molecular weight excluding hydrogens is 204 g/mol. The van der Waals surface area contributed by atoms with E-state index in [2.05, 4.69) is 15.4 Å². The second-order valence-electron chi connectivity index (χ2n) is 3.75. The van der Waals surface area contributed by atoms with Crippen molar-refractivity contribution in [1.29, 1.82) is 0 Å². The van der Waals surface area contributed by atoms with E-state index in [0.717, 1.165) is 29.7 Å². The monoisotopic (exact) mass is 216 g/mol. The van der Waals surface area contributed by atoms with Crippen LogP contribution >= 0.6 is 0 Å². The number of hydrogen-bond acceptors (Lipinski definition) is 4. The van der Waals surface area contributed by atoms with E-state index in [1.54, 1.807) is 12.4 Å². The zero-order chi connectivity index (χ0) is 11.0. The Morgan fingerprint density at radius 2 is 2.38 bits per heavy atom. The summed E-state index contributed by atoms with van der Waals surface area (Å²) in [5, 5.41) is 12.3. The van der Waals surface area contributed by atoms with E-state index in [0.29, 0.717) is 0 Å². The summed E-state index contributed by atoms with van der Waals surface area (Å²) in [5.41, 5.74) is 5.13. The van der Waals surface area contributed by atoms with Gasteiger partial charge in [0.2, 0.25) is 0 Å². The van der Waals surface area contributed by atoms with Gasteiger partial charge in [-0.2, -0.15) is 0 Å². The average molecular weight is 216 g/mol. The fraction of sp³-hybridized carbons (Fsp3) is 0.182. The number of fused-ring (bicyclic) bond motifs is 1. The van der Waals surface area contributed by atoms with Crippen LogP contribution in [0.1, 0.15) is 0 Å². The van der Waals surface area contributed by atoms with Gasteiger partial charge in [0, 0.05) is 11.5 Å². The number of aromatic nitrogens is 1. The number of anilines is 1. The molecule has 1 aliphatic rings. The van der Waals surface area contributed by atoms with Crippen LogP contribution in [0.2, 0.25) is 0 Å². The van der Waals surface area contributed by atoms with E-state index in [1.807, 2.05) is 23.2 Å². The number of nitrogens with one attached hydrogen (secondary N) is 2. The van der Waals surface area contributed by atoms with Gasteiger partial charge in [-0.1, -0.05) is 6.07 Å². The van der Waals surface area contributed by atoms with Gasteiger partial charge in [0.1, 0.15) is 6.34 Å². The van der Waals surface area contributed by atoms with Crippen LogP contribution in [-0.2, 0) is 0 Å². The Balaban J connectivity index is 1.98. The first-order valence-corrected chi connectivity index (χ1v) is 5.17. The molecule has 5 nitrogen and oxygen atoms in total. The molecule has 1 aliphatic heterocycles. The maximum Gasteiger partial charge on any atom is 0.189 e. The van der Waals surface area contributed by atoms with Gasteiger partial charge in [-0.3, -0.25) is 15.4 Å². The summed E-state index contributed by atoms with van der Waals surface area (Å²) < 4.78 is 0. The van der Waals surface area contributed by atoms with Crippen LogP contribution in [0, 0.1) is 0 Å². The quantitative estimate of drug-likeness (QED) is 0.713. The first-order chi connectivity index (χ1) is 7.83. The Morgan fingerprint density at radius 3 is 3.19 bits per heavy atom. The van der Waals surface area contributed by atoms with Crippen LogP contribution in [0.15, 0.2) is 29.3 Å². The summed E-state index contributed by atoms with van der Waals surface area (Å²) in [6.07, 6.45) is 1.78. The summed E-state index contributed by atoms with van der Waals surface area (Å²) in [4.78, 5) is 7.01. The molecule has 2 aromatic rings. The minimum Gasteiger partial charge on any atom is -0.495 e. The number of hydrazine groups is 1. The first-order valence-electron chi connectivity index (χ1n) is 5.17. The second kappa shape index (κ2) is 3.44. The molecule has 82 valence electrons. The van der Waals surface area contributed by atoms with Crippen molar-refractivity contribution in [3.05, 3.63) is 24.3 Å². The number of H-pyrrole nitrogens is 1. The van der Waals surface area contributed by atoms with Crippen LogP contribution in [0.4, 0.5) is 5.69 Å². The molecule has 0 bridgehead atoms. The smallest absolute Gasteiger partial charge is 0.189 e. The highest BCUT2D eigenvalue weighted by molar-refractivity contribution is 5.93. The fourth-order valence-electron chi connectivity index (χ4n) is 1.86. The number of hydrogen-bond donors (Lipinski definition) is 3. The largest absolute Gasteiger partial charge is 0.495 e. The summed E-state index contributed by atoms with van der Waals surface area (Å²) >= 11 is 0. The van der Waals surface area contributed by atoms with E-state index >= 15 is 0 Å².